The van der Waals surface area contributed by atoms with E-state index in [1.807, 2.05) is 11.4 Å². The Balaban J connectivity index is 1.63. The van der Waals surface area contributed by atoms with Gasteiger partial charge in [-0.3, -0.25) is 4.90 Å². The van der Waals surface area contributed by atoms with Gasteiger partial charge in [0, 0.05) is 18.8 Å². The Kier molecular flexibility index (Phi) is 4.98. The van der Waals surface area contributed by atoms with Crippen LogP contribution in [0.15, 0.2) is 35.7 Å². The lowest BCUT2D eigenvalue weighted by Gasteiger charge is -2.25. The monoisotopic (exact) mass is 394 g/mol. The molecule has 0 aliphatic carbocycles. The Hall–Kier alpha value is -2.23. The molecule has 0 radical (unpaired) electrons. The number of anilines is 2. The molecule has 1 N–H and O–H groups in total. The second-order valence-corrected chi connectivity index (χ2v) is 7.11. The molecule has 1 saturated heterocycles. The van der Waals surface area contributed by atoms with Gasteiger partial charge >= 0.3 is 6.18 Å². The highest BCUT2D eigenvalue weighted by atomic mass is 32.1. The highest BCUT2D eigenvalue weighted by Gasteiger charge is 2.30. The minimum atomic E-state index is -4.39. The number of aromatic nitrogens is 2. The maximum Gasteiger partial charge on any atom is 0.416 e. The Morgan fingerprint density at radius 1 is 1.15 bits per heavy atom. The fourth-order valence-corrected chi connectivity index (χ4v) is 3.72. The Morgan fingerprint density at radius 2 is 1.96 bits per heavy atom. The minimum absolute atomic E-state index is 0.341. The molecule has 1 fully saturated rings. The molecule has 4 rings (SSSR count). The number of nitrogens with zero attached hydrogens (tertiary/aromatic N) is 3. The van der Waals surface area contributed by atoms with Gasteiger partial charge in [0.1, 0.15) is 16.5 Å². The number of alkyl halides is 3. The molecule has 1 aromatic carbocycles. The summed E-state index contributed by atoms with van der Waals surface area (Å²) in [7, 11) is 0. The molecule has 9 heteroatoms. The summed E-state index contributed by atoms with van der Waals surface area (Å²) in [5, 5.41) is 5.73. The molecule has 142 valence electrons. The zero-order valence-corrected chi connectivity index (χ0v) is 15.1. The fraction of sp³-hybridized carbons (Fsp3) is 0.333. The zero-order valence-electron chi connectivity index (χ0n) is 14.3. The van der Waals surface area contributed by atoms with E-state index < -0.39 is 11.7 Å². The van der Waals surface area contributed by atoms with E-state index in [0.717, 1.165) is 35.4 Å². The van der Waals surface area contributed by atoms with Gasteiger partial charge in [0.15, 0.2) is 0 Å². The second-order valence-electron chi connectivity index (χ2n) is 6.22. The number of hydrogen-bond donors (Lipinski definition) is 1. The van der Waals surface area contributed by atoms with Crippen molar-refractivity contribution >= 4 is 33.1 Å². The van der Waals surface area contributed by atoms with Crippen LogP contribution in [-0.4, -0.2) is 41.2 Å². The number of hydrogen-bond acceptors (Lipinski definition) is 6. The number of ether oxygens (including phenoxy) is 1. The van der Waals surface area contributed by atoms with E-state index in [2.05, 4.69) is 20.2 Å². The topological polar surface area (TPSA) is 50.3 Å². The molecule has 0 saturated carbocycles. The van der Waals surface area contributed by atoms with Crippen LogP contribution in [0.4, 0.5) is 24.7 Å². The third-order valence-electron chi connectivity index (χ3n) is 4.29. The van der Waals surface area contributed by atoms with Crippen molar-refractivity contribution in [2.45, 2.75) is 12.7 Å². The van der Waals surface area contributed by atoms with Crippen molar-refractivity contribution in [1.29, 1.82) is 0 Å². The summed E-state index contributed by atoms with van der Waals surface area (Å²) in [5.74, 6) is 1.16. The summed E-state index contributed by atoms with van der Waals surface area (Å²) < 4.78 is 44.3. The summed E-state index contributed by atoms with van der Waals surface area (Å²) in [6.07, 6.45) is -4.39. The highest BCUT2D eigenvalue weighted by molar-refractivity contribution is 7.16. The maximum atomic E-state index is 13.0. The lowest BCUT2D eigenvalue weighted by molar-refractivity contribution is -0.137. The van der Waals surface area contributed by atoms with Gasteiger partial charge in [0.2, 0.25) is 0 Å². The van der Waals surface area contributed by atoms with Gasteiger partial charge in [-0.1, -0.05) is 6.07 Å². The smallest absolute Gasteiger partial charge is 0.379 e. The molecule has 0 bridgehead atoms. The van der Waals surface area contributed by atoms with Crippen molar-refractivity contribution in [3.8, 4) is 0 Å². The standard InChI is InChI=1S/C18H17F3N4OS/c19-18(20,21)12-2-1-3-13(10-12)22-16-14-4-9-27-17(14)24-15(23-16)11-25-5-7-26-8-6-25/h1-4,9-10H,5-8,11H2,(H,22,23,24). The summed E-state index contributed by atoms with van der Waals surface area (Å²) in [6, 6.07) is 6.98. The lowest BCUT2D eigenvalue weighted by atomic mass is 10.2. The number of morpholine rings is 1. The van der Waals surface area contributed by atoms with Gasteiger partial charge in [0.05, 0.1) is 30.7 Å². The first-order chi connectivity index (χ1) is 13.0. The molecule has 1 aliphatic rings. The number of fused-ring (bicyclic) bond motifs is 1. The maximum absolute atomic E-state index is 13.0. The molecule has 2 aromatic heterocycles. The van der Waals surface area contributed by atoms with Crippen LogP contribution in [0.2, 0.25) is 0 Å². The minimum Gasteiger partial charge on any atom is -0.379 e. The van der Waals surface area contributed by atoms with Gasteiger partial charge in [-0.05, 0) is 29.6 Å². The number of thiophene rings is 1. The van der Waals surface area contributed by atoms with Crippen molar-refractivity contribution in [3.05, 3.63) is 47.1 Å². The molecule has 1 aliphatic heterocycles. The SMILES string of the molecule is FC(F)(F)c1cccc(Nc2nc(CN3CCOCC3)nc3sccc23)c1. The molecular formula is C18H17F3N4OS. The average Bonchev–Trinajstić information content (AvgIpc) is 3.11. The van der Waals surface area contributed by atoms with Gasteiger partial charge in [0.25, 0.3) is 0 Å². The lowest BCUT2D eigenvalue weighted by Crippen LogP contribution is -2.36. The third-order valence-corrected chi connectivity index (χ3v) is 5.10. The molecule has 27 heavy (non-hydrogen) atoms. The van der Waals surface area contributed by atoms with Crippen LogP contribution in [0.1, 0.15) is 11.4 Å². The van der Waals surface area contributed by atoms with Crippen molar-refractivity contribution in [1.82, 2.24) is 14.9 Å². The van der Waals surface area contributed by atoms with Crippen molar-refractivity contribution in [3.63, 3.8) is 0 Å². The van der Waals surface area contributed by atoms with Crippen LogP contribution >= 0.6 is 11.3 Å². The summed E-state index contributed by atoms with van der Waals surface area (Å²) in [6.45, 7) is 3.55. The summed E-state index contributed by atoms with van der Waals surface area (Å²) in [4.78, 5) is 12.2. The first kappa shape index (κ1) is 18.1. The fourth-order valence-electron chi connectivity index (χ4n) is 2.93. The van der Waals surface area contributed by atoms with Gasteiger partial charge in [-0.25, -0.2) is 9.97 Å². The first-order valence-electron chi connectivity index (χ1n) is 8.47. The average molecular weight is 394 g/mol. The second kappa shape index (κ2) is 7.41. The van der Waals surface area contributed by atoms with Crippen molar-refractivity contribution in [2.24, 2.45) is 0 Å². The van der Waals surface area contributed by atoms with Crippen LogP contribution in [0.25, 0.3) is 10.2 Å². The van der Waals surface area contributed by atoms with Crippen LogP contribution in [0.3, 0.4) is 0 Å². The molecule has 3 heterocycles. The van der Waals surface area contributed by atoms with E-state index in [1.165, 1.54) is 17.4 Å². The molecule has 0 unspecified atom stereocenters. The molecular weight excluding hydrogens is 377 g/mol. The Morgan fingerprint density at radius 3 is 2.74 bits per heavy atom. The van der Waals surface area contributed by atoms with E-state index in [4.69, 9.17) is 4.74 Å². The van der Waals surface area contributed by atoms with Crippen LogP contribution in [0, 0.1) is 0 Å². The summed E-state index contributed by atoms with van der Waals surface area (Å²) >= 11 is 1.48. The zero-order chi connectivity index (χ0) is 18.9. The van der Waals surface area contributed by atoms with E-state index in [9.17, 15) is 13.2 Å². The summed E-state index contributed by atoms with van der Waals surface area (Å²) in [5.41, 5.74) is -0.356. The Labute approximate surface area is 157 Å². The first-order valence-corrected chi connectivity index (χ1v) is 9.35. The molecule has 0 amide bonds. The van der Waals surface area contributed by atoms with Gasteiger partial charge in [-0.15, -0.1) is 11.3 Å². The largest absolute Gasteiger partial charge is 0.416 e. The highest BCUT2D eigenvalue weighted by Crippen LogP contribution is 2.33. The van der Waals surface area contributed by atoms with E-state index >= 15 is 0 Å². The van der Waals surface area contributed by atoms with E-state index in [0.29, 0.717) is 37.1 Å². The van der Waals surface area contributed by atoms with Crippen molar-refractivity contribution in [2.75, 3.05) is 31.6 Å². The molecule has 0 atom stereocenters. The third kappa shape index (κ3) is 4.20. The number of rotatable bonds is 4. The van der Waals surface area contributed by atoms with E-state index in [1.54, 1.807) is 6.07 Å². The van der Waals surface area contributed by atoms with Gasteiger partial charge in [-0.2, -0.15) is 13.2 Å². The number of halogens is 3. The van der Waals surface area contributed by atoms with Gasteiger partial charge < -0.3 is 10.1 Å². The van der Waals surface area contributed by atoms with Crippen molar-refractivity contribution < 1.29 is 17.9 Å². The predicted molar refractivity (Wildman–Crippen MR) is 98.2 cm³/mol. The molecule has 3 aromatic rings. The normalized spacial score (nSPS) is 16.0. The quantitative estimate of drug-likeness (QED) is 0.716. The molecule has 5 nitrogen and oxygen atoms in total. The molecule has 0 spiro atoms. The van der Waals surface area contributed by atoms with Crippen LogP contribution in [-0.2, 0) is 17.5 Å². The van der Waals surface area contributed by atoms with Crippen LogP contribution in [0.5, 0.6) is 0 Å². The van der Waals surface area contributed by atoms with Crippen LogP contribution < -0.4 is 5.32 Å². The number of nitrogens with one attached hydrogen (secondary N) is 1. The predicted octanol–water partition coefficient (Wildman–Crippen LogP) is 4.29. The number of benzene rings is 1. The Bertz CT molecular complexity index is 938. The van der Waals surface area contributed by atoms with E-state index in [-0.39, 0.29) is 0 Å².